The van der Waals surface area contributed by atoms with Crippen molar-refractivity contribution in [2.45, 2.75) is 18.7 Å². The second-order valence-electron chi connectivity index (χ2n) is 4.64. The van der Waals surface area contributed by atoms with Gasteiger partial charge in [-0.25, -0.2) is 13.2 Å². The van der Waals surface area contributed by atoms with E-state index < -0.39 is 20.7 Å². The van der Waals surface area contributed by atoms with E-state index in [1.807, 2.05) is 13.8 Å². The molecule has 0 N–H and O–H groups in total. The quantitative estimate of drug-likeness (QED) is 0.261. The number of rotatable bonds is 9. The monoisotopic (exact) mass is 421 g/mol. The number of hydrogen-bond acceptors (Lipinski definition) is 5. The van der Waals surface area contributed by atoms with E-state index in [0.29, 0.717) is 12.1 Å². The van der Waals surface area contributed by atoms with Gasteiger partial charge in [-0.2, -0.15) is 0 Å². The van der Waals surface area contributed by atoms with Crippen molar-refractivity contribution >= 4 is 31.7 Å². The van der Waals surface area contributed by atoms with E-state index >= 15 is 0 Å². The first kappa shape index (κ1) is 25.2. The topological polar surface area (TPSA) is 80.8 Å². The van der Waals surface area contributed by atoms with E-state index in [1.165, 1.54) is 54.8 Å². The average molecular weight is 421 g/mol. The maximum Gasteiger partial charge on any atom is 0.352 e. The molecule has 6 nitrogen and oxygen atoms in total. The van der Waals surface area contributed by atoms with Gasteiger partial charge in [0.1, 0.15) is 0 Å². The third kappa shape index (κ3) is 7.10. The second kappa shape index (κ2) is 13.4. The van der Waals surface area contributed by atoms with Crippen molar-refractivity contribution in [2.24, 2.45) is 0 Å². The Hall–Kier alpha value is -2.76. The lowest BCUT2D eigenvalue weighted by Gasteiger charge is -2.12. The van der Waals surface area contributed by atoms with Gasteiger partial charge in [-0.15, -0.1) is 0 Å². The highest BCUT2D eigenvalue weighted by Crippen LogP contribution is 2.21. The first-order valence-electron chi connectivity index (χ1n) is 8.20. The fourth-order valence-electron chi connectivity index (χ4n) is 1.84. The molecule has 0 radical (unpaired) electrons. The number of amides is 1. The predicted molar refractivity (Wildman–Crippen MR) is 114 cm³/mol. The molecule has 0 aliphatic carbocycles. The highest BCUT2D eigenvalue weighted by Gasteiger charge is 2.27. The molecule has 0 bridgehead atoms. The molecular weight excluding hydrogens is 397 g/mol. The van der Waals surface area contributed by atoms with Crippen LogP contribution < -0.4 is 0 Å². The zero-order chi connectivity index (χ0) is 21.6. The van der Waals surface area contributed by atoms with Crippen LogP contribution in [0.3, 0.4) is 0 Å². The van der Waals surface area contributed by atoms with Crippen molar-refractivity contribution in [3.05, 3.63) is 90.7 Å². The molecule has 0 saturated carbocycles. The smallest absolute Gasteiger partial charge is 0.352 e. The van der Waals surface area contributed by atoms with Gasteiger partial charge < -0.3 is 4.52 Å². The minimum Gasteiger partial charge on any atom is -0.447 e. The van der Waals surface area contributed by atoms with Crippen LogP contribution in [-0.4, -0.2) is 25.7 Å². The summed E-state index contributed by atoms with van der Waals surface area (Å²) in [5, 5.41) is 0. The molecule has 0 fully saturated rings. The van der Waals surface area contributed by atoms with Crippen molar-refractivity contribution < 1.29 is 22.5 Å². The number of carbonyl (C=O) groups is 2. The van der Waals surface area contributed by atoms with E-state index in [0.717, 1.165) is 11.0 Å². The molecule has 0 aliphatic heterocycles. The van der Waals surface area contributed by atoms with E-state index in [2.05, 4.69) is 17.7 Å². The normalized spacial score (nSPS) is 11.8. The number of benzene rings is 1. The van der Waals surface area contributed by atoms with Crippen LogP contribution in [0.15, 0.2) is 95.6 Å². The first-order valence-corrected chi connectivity index (χ1v) is 10.2. The molecule has 0 saturated heterocycles. The van der Waals surface area contributed by atoms with Gasteiger partial charge in [-0.05, 0) is 36.4 Å². The Morgan fingerprint density at radius 1 is 1.14 bits per heavy atom. The molecule has 0 aliphatic rings. The molecule has 1 aromatic carbocycles. The van der Waals surface area contributed by atoms with Crippen LogP contribution in [-0.2, 0) is 24.0 Å². The zero-order valence-corrected chi connectivity index (χ0v) is 17.8. The molecule has 1 amide bonds. The molecule has 1 atom stereocenters. The lowest BCUT2D eigenvalue weighted by molar-refractivity contribution is -0.128. The van der Waals surface area contributed by atoms with Crippen molar-refractivity contribution in [3.63, 3.8) is 0 Å². The highest BCUT2D eigenvalue weighted by atomic mass is 32.2. The van der Waals surface area contributed by atoms with Crippen LogP contribution in [0.4, 0.5) is 0 Å². The van der Waals surface area contributed by atoms with E-state index in [-0.39, 0.29) is 4.90 Å². The Balaban J connectivity index is 0.00000352. The average Bonchev–Trinajstić information content (AvgIpc) is 2.74. The summed E-state index contributed by atoms with van der Waals surface area (Å²) >= 11 is 0. The minimum absolute atomic E-state index is 0.0550. The van der Waals surface area contributed by atoms with Crippen LogP contribution in [0, 0.1) is 0 Å². The van der Waals surface area contributed by atoms with Gasteiger partial charge in [0, 0.05) is 11.9 Å². The van der Waals surface area contributed by atoms with Crippen LogP contribution in [0.2, 0.25) is 0 Å². The predicted octanol–water partition coefficient (Wildman–Crippen LogP) is 3.93. The number of hydrogen-bond donors (Lipinski definition) is 0. The molecule has 8 heteroatoms. The molecular formula is C20H24NO5PS. The number of carbonyl (C=O) groups excluding carboxylic acids is 2. The molecule has 1 unspecified atom stereocenters. The Morgan fingerprint density at radius 3 is 2.21 bits per heavy atom. The van der Waals surface area contributed by atoms with E-state index in [9.17, 15) is 18.0 Å². The minimum atomic E-state index is -4.09. The molecule has 0 spiro atoms. The summed E-state index contributed by atoms with van der Waals surface area (Å²) in [6, 6.07) is 7.46. The van der Waals surface area contributed by atoms with Gasteiger partial charge in [0.25, 0.3) is 0 Å². The third-order valence-electron chi connectivity index (χ3n) is 3.05. The molecule has 150 valence electrons. The maximum atomic E-state index is 12.6. The van der Waals surface area contributed by atoms with Gasteiger partial charge >= 0.3 is 5.97 Å². The maximum absolute atomic E-state index is 12.6. The molecule has 1 aromatic rings. The second-order valence-corrected chi connectivity index (χ2v) is 6.79. The fraction of sp³-hybridized carbons (Fsp3) is 0.100. The number of sulfone groups is 1. The van der Waals surface area contributed by atoms with Crippen LogP contribution >= 0.6 is 9.47 Å². The van der Waals surface area contributed by atoms with Crippen molar-refractivity contribution in [1.29, 1.82) is 0 Å². The summed E-state index contributed by atoms with van der Waals surface area (Å²) in [5.41, 5.74) is 0.417. The standard InChI is InChI=1S/C18H18NO5PS.C2H6/c1-3-9-15(4-2)19(14-20)13-8-12-17(18(21)24-25)26(22,23)16-10-6-5-7-11-16;1-2/h3-14H,1-2,25H2;1-2H3/b13-8+,15-9+,17-12-;. The van der Waals surface area contributed by atoms with Gasteiger partial charge in [-0.1, -0.05) is 51.3 Å². The van der Waals surface area contributed by atoms with E-state index in [1.54, 1.807) is 15.5 Å². The molecule has 0 aromatic heterocycles. The summed E-state index contributed by atoms with van der Waals surface area (Å²) in [4.78, 5) is 23.6. The lowest BCUT2D eigenvalue weighted by Crippen LogP contribution is -2.14. The summed E-state index contributed by atoms with van der Waals surface area (Å²) in [7, 11) is -2.38. The van der Waals surface area contributed by atoms with Gasteiger partial charge in [0.05, 0.1) is 14.4 Å². The molecule has 28 heavy (non-hydrogen) atoms. The number of nitrogens with zero attached hydrogens (tertiary/aromatic N) is 1. The largest absolute Gasteiger partial charge is 0.447 e. The first-order chi connectivity index (χ1) is 13.4. The Morgan fingerprint density at radius 2 is 1.75 bits per heavy atom. The molecule has 1 rings (SSSR count). The fourth-order valence-corrected chi connectivity index (χ4v) is 3.34. The Kier molecular flexibility index (Phi) is 12.1. The van der Waals surface area contributed by atoms with Crippen molar-refractivity contribution in [2.75, 3.05) is 0 Å². The lowest BCUT2D eigenvalue weighted by atomic mass is 10.3. The van der Waals surface area contributed by atoms with Crippen molar-refractivity contribution in [3.8, 4) is 0 Å². The molecule has 0 heterocycles. The third-order valence-corrected chi connectivity index (χ3v) is 5.04. The summed E-state index contributed by atoms with van der Waals surface area (Å²) in [6.07, 6.45) is 8.50. The Bertz CT molecular complexity index is 871. The van der Waals surface area contributed by atoms with E-state index in [4.69, 9.17) is 0 Å². The van der Waals surface area contributed by atoms with Crippen LogP contribution in [0.25, 0.3) is 0 Å². The highest BCUT2D eigenvalue weighted by molar-refractivity contribution is 7.96. The van der Waals surface area contributed by atoms with Crippen LogP contribution in [0.5, 0.6) is 0 Å². The summed E-state index contributed by atoms with van der Waals surface area (Å²) in [6.45, 7) is 11.1. The zero-order valence-electron chi connectivity index (χ0n) is 15.8. The van der Waals surface area contributed by atoms with Crippen LogP contribution in [0.1, 0.15) is 13.8 Å². The summed E-state index contributed by atoms with van der Waals surface area (Å²) in [5.74, 6) is -1.05. The SMILES string of the molecule is C=C/C=C(\C=C)N(C=O)/C=C/C=C(/C(=O)OP)S(=O)(=O)c1ccccc1.CC. The van der Waals surface area contributed by atoms with Gasteiger partial charge in [0.15, 0.2) is 4.91 Å². The van der Waals surface area contributed by atoms with Gasteiger partial charge in [-0.3, -0.25) is 9.69 Å². The summed E-state index contributed by atoms with van der Waals surface area (Å²) < 4.78 is 29.8. The van der Waals surface area contributed by atoms with Gasteiger partial charge in [0.2, 0.25) is 16.2 Å². The Labute approximate surface area is 168 Å². The number of allylic oxidation sites excluding steroid dienone is 5. The van der Waals surface area contributed by atoms with Crippen molar-refractivity contribution in [1.82, 2.24) is 4.90 Å².